The maximum absolute atomic E-state index is 11.9. The Labute approximate surface area is 101 Å². The van der Waals surface area contributed by atoms with Gasteiger partial charge in [0.05, 0.1) is 5.90 Å². The van der Waals surface area contributed by atoms with Gasteiger partial charge in [0.15, 0.2) is 0 Å². The number of benzene rings is 1. The van der Waals surface area contributed by atoms with Crippen molar-refractivity contribution in [3.05, 3.63) is 66.0 Å². The molecule has 86 valence electrons. The standard InChI is InChI=1S/C14H14N2O/c1-2-13-10-6-7-11-16(13)15-14(17)12-8-4-3-5-9-12/h3-11H,2H2,1H3. The van der Waals surface area contributed by atoms with Crippen LogP contribution in [0.15, 0.2) is 59.8 Å². The highest BCUT2D eigenvalue weighted by Gasteiger charge is 2.05. The number of aromatic nitrogens is 1. The summed E-state index contributed by atoms with van der Waals surface area (Å²) in [7, 11) is 0. The summed E-state index contributed by atoms with van der Waals surface area (Å²) in [4.78, 5) is 0. The number of rotatable bonds is 3. The molecule has 0 atom stereocenters. The van der Waals surface area contributed by atoms with E-state index in [0.29, 0.717) is 5.56 Å². The molecule has 0 saturated carbocycles. The summed E-state index contributed by atoms with van der Waals surface area (Å²) in [6.07, 6.45) is 2.63. The lowest BCUT2D eigenvalue weighted by molar-refractivity contribution is -0.688. The van der Waals surface area contributed by atoms with Crippen molar-refractivity contribution in [2.24, 2.45) is 5.10 Å². The summed E-state index contributed by atoms with van der Waals surface area (Å²) in [5.74, 6) is -0.225. The Hall–Kier alpha value is -2.16. The van der Waals surface area contributed by atoms with Crippen molar-refractivity contribution in [1.82, 2.24) is 0 Å². The minimum Gasteiger partial charge on any atom is -0.854 e. The fraction of sp³-hybridized carbons (Fsp3) is 0.143. The van der Waals surface area contributed by atoms with Crippen molar-refractivity contribution in [3.8, 4) is 0 Å². The lowest BCUT2D eigenvalue weighted by Crippen LogP contribution is -2.37. The Kier molecular flexibility index (Phi) is 3.50. The molecule has 1 heterocycles. The number of nitrogens with zero attached hydrogens (tertiary/aromatic N) is 2. The third-order valence-electron chi connectivity index (χ3n) is 2.50. The fourth-order valence-corrected chi connectivity index (χ4v) is 1.58. The summed E-state index contributed by atoms with van der Waals surface area (Å²) >= 11 is 0. The van der Waals surface area contributed by atoms with Crippen LogP contribution in [-0.4, -0.2) is 5.90 Å². The van der Waals surface area contributed by atoms with Crippen molar-refractivity contribution < 1.29 is 9.78 Å². The van der Waals surface area contributed by atoms with Crippen LogP contribution in [0.3, 0.4) is 0 Å². The van der Waals surface area contributed by atoms with E-state index >= 15 is 0 Å². The van der Waals surface area contributed by atoms with Gasteiger partial charge in [0, 0.05) is 18.6 Å². The van der Waals surface area contributed by atoms with Gasteiger partial charge in [-0.05, 0) is 16.7 Å². The maximum Gasteiger partial charge on any atom is 0.214 e. The molecule has 1 aromatic heterocycles. The number of hydrogen-bond donors (Lipinski definition) is 0. The van der Waals surface area contributed by atoms with E-state index in [2.05, 4.69) is 5.10 Å². The summed E-state index contributed by atoms with van der Waals surface area (Å²) < 4.78 is 1.63. The second kappa shape index (κ2) is 5.25. The molecule has 0 spiro atoms. The number of aryl methyl sites for hydroxylation is 1. The zero-order chi connectivity index (χ0) is 12.1. The molecule has 1 aromatic carbocycles. The van der Waals surface area contributed by atoms with Gasteiger partial charge in [0.25, 0.3) is 0 Å². The molecule has 0 saturated heterocycles. The van der Waals surface area contributed by atoms with Gasteiger partial charge in [0.1, 0.15) is 0 Å². The zero-order valence-electron chi connectivity index (χ0n) is 9.71. The van der Waals surface area contributed by atoms with Crippen LogP contribution in [0, 0.1) is 0 Å². The van der Waals surface area contributed by atoms with Crippen LogP contribution in [-0.2, 0) is 6.42 Å². The molecular weight excluding hydrogens is 212 g/mol. The number of pyridine rings is 1. The van der Waals surface area contributed by atoms with Crippen molar-refractivity contribution in [2.75, 3.05) is 0 Å². The maximum atomic E-state index is 11.9. The first-order valence-corrected chi connectivity index (χ1v) is 5.62. The second-order valence-corrected chi connectivity index (χ2v) is 3.66. The molecule has 0 bridgehead atoms. The first kappa shape index (κ1) is 11.3. The predicted molar refractivity (Wildman–Crippen MR) is 64.4 cm³/mol. The van der Waals surface area contributed by atoms with Gasteiger partial charge in [-0.25, -0.2) is 0 Å². The van der Waals surface area contributed by atoms with Crippen LogP contribution in [0.25, 0.3) is 0 Å². The molecule has 0 aliphatic heterocycles. The highest BCUT2D eigenvalue weighted by molar-refractivity contribution is 5.89. The zero-order valence-corrected chi connectivity index (χ0v) is 9.71. The van der Waals surface area contributed by atoms with E-state index in [1.807, 2.05) is 43.3 Å². The molecule has 17 heavy (non-hydrogen) atoms. The highest BCUT2D eigenvalue weighted by Crippen LogP contribution is 1.97. The SMILES string of the molecule is CCc1cccc[n+]1/N=C(\[O-])c1ccccc1. The molecule has 0 N–H and O–H groups in total. The van der Waals surface area contributed by atoms with Crippen molar-refractivity contribution in [1.29, 1.82) is 0 Å². The van der Waals surface area contributed by atoms with Crippen LogP contribution >= 0.6 is 0 Å². The Bertz CT molecular complexity index is 521. The average molecular weight is 226 g/mol. The van der Waals surface area contributed by atoms with E-state index in [4.69, 9.17) is 0 Å². The normalized spacial score (nSPS) is 11.5. The van der Waals surface area contributed by atoms with E-state index in [1.54, 1.807) is 23.0 Å². The van der Waals surface area contributed by atoms with Crippen LogP contribution in [0.4, 0.5) is 0 Å². The molecule has 0 fully saturated rings. The lowest BCUT2D eigenvalue weighted by Gasteiger charge is -2.06. The lowest BCUT2D eigenvalue weighted by atomic mass is 10.2. The van der Waals surface area contributed by atoms with Gasteiger partial charge in [-0.15, -0.1) is 0 Å². The van der Waals surface area contributed by atoms with Crippen LogP contribution < -0.4 is 9.78 Å². The Balaban J connectivity index is 2.36. The highest BCUT2D eigenvalue weighted by atomic mass is 16.3. The second-order valence-electron chi connectivity index (χ2n) is 3.66. The van der Waals surface area contributed by atoms with Crippen LogP contribution in [0.5, 0.6) is 0 Å². The minimum absolute atomic E-state index is 0.225. The van der Waals surface area contributed by atoms with Gasteiger partial charge >= 0.3 is 0 Å². The van der Waals surface area contributed by atoms with Gasteiger partial charge in [0.2, 0.25) is 11.9 Å². The van der Waals surface area contributed by atoms with Crippen molar-refractivity contribution in [2.45, 2.75) is 13.3 Å². The smallest absolute Gasteiger partial charge is 0.214 e. The fourth-order valence-electron chi connectivity index (χ4n) is 1.58. The van der Waals surface area contributed by atoms with Gasteiger partial charge in [-0.1, -0.05) is 41.9 Å². The molecule has 3 heteroatoms. The summed E-state index contributed by atoms with van der Waals surface area (Å²) in [6, 6.07) is 14.8. The van der Waals surface area contributed by atoms with Gasteiger partial charge < -0.3 is 5.11 Å². The summed E-state index contributed by atoms with van der Waals surface area (Å²) in [5.41, 5.74) is 1.61. The van der Waals surface area contributed by atoms with E-state index in [0.717, 1.165) is 12.1 Å². The summed E-state index contributed by atoms with van der Waals surface area (Å²) in [6.45, 7) is 2.04. The van der Waals surface area contributed by atoms with Crippen LogP contribution in [0.2, 0.25) is 0 Å². The molecule has 2 aromatic rings. The van der Waals surface area contributed by atoms with Gasteiger partial charge in [-0.3, -0.25) is 0 Å². The quantitative estimate of drug-likeness (QED) is 0.439. The molecule has 0 radical (unpaired) electrons. The molecule has 3 nitrogen and oxygen atoms in total. The van der Waals surface area contributed by atoms with Crippen LogP contribution in [0.1, 0.15) is 18.2 Å². The molecule has 0 aliphatic rings. The Morgan fingerprint density at radius 1 is 1.12 bits per heavy atom. The monoisotopic (exact) mass is 226 g/mol. The number of hydrogen-bond acceptors (Lipinski definition) is 2. The molecule has 0 amide bonds. The Morgan fingerprint density at radius 3 is 2.53 bits per heavy atom. The molecule has 0 aliphatic carbocycles. The van der Waals surface area contributed by atoms with Crippen molar-refractivity contribution >= 4 is 5.90 Å². The van der Waals surface area contributed by atoms with E-state index in [9.17, 15) is 5.11 Å². The molecule has 2 rings (SSSR count). The topological polar surface area (TPSA) is 39.3 Å². The third-order valence-corrected chi connectivity index (χ3v) is 2.50. The van der Waals surface area contributed by atoms with E-state index in [-0.39, 0.29) is 5.90 Å². The third kappa shape index (κ3) is 2.69. The van der Waals surface area contributed by atoms with Gasteiger partial charge in [-0.2, -0.15) is 0 Å². The first-order chi connectivity index (χ1) is 8.31. The largest absolute Gasteiger partial charge is 0.854 e. The first-order valence-electron chi connectivity index (χ1n) is 5.62. The van der Waals surface area contributed by atoms with E-state index < -0.39 is 0 Å². The van der Waals surface area contributed by atoms with Crippen molar-refractivity contribution in [3.63, 3.8) is 0 Å². The van der Waals surface area contributed by atoms with E-state index in [1.165, 1.54) is 0 Å². The average Bonchev–Trinajstić information content (AvgIpc) is 2.40. The Morgan fingerprint density at radius 2 is 1.82 bits per heavy atom. The molecular formula is C14H14N2O. The predicted octanol–water partition coefficient (Wildman–Crippen LogP) is 1.11. The molecule has 0 unspecified atom stereocenters. The minimum atomic E-state index is -0.225. The summed E-state index contributed by atoms with van der Waals surface area (Å²) in [5, 5.41) is 16.0.